The molecule has 1 fully saturated rings. The maximum atomic E-state index is 13.5. The number of carbonyl (C=O) groups is 1. The van der Waals surface area contributed by atoms with E-state index < -0.39 is 0 Å². The molecule has 0 aliphatic heterocycles. The molecular weight excluding hydrogens is 427 g/mol. The number of halogens is 1. The van der Waals surface area contributed by atoms with Crippen LogP contribution >= 0.6 is 11.8 Å². The lowest BCUT2D eigenvalue weighted by Gasteiger charge is -2.22. The van der Waals surface area contributed by atoms with Gasteiger partial charge in [-0.2, -0.15) is 0 Å². The number of amides is 1. The Kier molecular flexibility index (Phi) is 5.70. The van der Waals surface area contributed by atoms with Gasteiger partial charge in [0.05, 0.1) is 11.4 Å². The summed E-state index contributed by atoms with van der Waals surface area (Å²) in [7, 11) is 0. The van der Waals surface area contributed by atoms with Crippen LogP contribution in [0.5, 0.6) is 0 Å². The molecule has 0 radical (unpaired) electrons. The number of carbonyl (C=O) groups excluding carboxylic acids is 1. The number of aromatic amines is 1. The first kappa shape index (κ1) is 20.8. The van der Waals surface area contributed by atoms with Gasteiger partial charge in [-0.25, -0.2) is 9.37 Å². The second-order valence-electron chi connectivity index (χ2n) is 8.10. The summed E-state index contributed by atoms with van der Waals surface area (Å²) in [6.07, 6.45) is 5.52. The van der Waals surface area contributed by atoms with Gasteiger partial charge < -0.3 is 10.3 Å². The zero-order valence-corrected chi connectivity index (χ0v) is 18.3. The molecule has 1 saturated carbocycles. The monoisotopic (exact) mass is 450 g/mol. The minimum Gasteiger partial charge on any atom is -0.353 e. The van der Waals surface area contributed by atoms with Gasteiger partial charge in [-0.1, -0.05) is 49.2 Å². The molecule has 0 saturated heterocycles. The predicted molar refractivity (Wildman–Crippen MR) is 125 cm³/mol. The highest BCUT2D eigenvalue weighted by molar-refractivity contribution is 7.99. The summed E-state index contributed by atoms with van der Waals surface area (Å²) in [4.78, 5) is 34.0. The van der Waals surface area contributed by atoms with Crippen molar-refractivity contribution in [2.24, 2.45) is 0 Å². The number of rotatable bonds is 5. The lowest BCUT2D eigenvalue weighted by Crippen LogP contribution is -2.37. The SMILES string of the molecule is O=C(CSc1nc2c([nH]c3ccccc32)c(=O)n1-c1ccc(F)cc1)NC1CCCCC1. The van der Waals surface area contributed by atoms with Crippen LogP contribution in [-0.2, 0) is 4.79 Å². The molecule has 2 heterocycles. The maximum Gasteiger partial charge on any atom is 0.283 e. The molecule has 1 amide bonds. The fraction of sp³-hybridized carbons (Fsp3) is 0.292. The topological polar surface area (TPSA) is 79.8 Å². The molecular formula is C24H23FN4O2S. The van der Waals surface area contributed by atoms with Crippen LogP contribution in [0.1, 0.15) is 32.1 Å². The Hall–Kier alpha value is -3.13. The van der Waals surface area contributed by atoms with E-state index in [4.69, 9.17) is 4.98 Å². The third kappa shape index (κ3) is 4.02. The van der Waals surface area contributed by atoms with Gasteiger partial charge in [0, 0.05) is 16.9 Å². The molecule has 0 atom stereocenters. The predicted octanol–water partition coefficient (Wildman–Crippen LogP) is 4.55. The summed E-state index contributed by atoms with van der Waals surface area (Å²) >= 11 is 1.22. The zero-order valence-electron chi connectivity index (χ0n) is 17.4. The van der Waals surface area contributed by atoms with Crippen molar-refractivity contribution in [2.45, 2.75) is 43.3 Å². The van der Waals surface area contributed by atoms with Gasteiger partial charge in [-0.3, -0.25) is 14.2 Å². The van der Waals surface area contributed by atoms with Crippen molar-refractivity contribution in [3.8, 4) is 5.69 Å². The zero-order chi connectivity index (χ0) is 22.1. The van der Waals surface area contributed by atoms with E-state index in [2.05, 4.69) is 10.3 Å². The Morgan fingerprint density at radius 3 is 2.66 bits per heavy atom. The van der Waals surface area contributed by atoms with E-state index in [1.807, 2.05) is 24.3 Å². The van der Waals surface area contributed by atoms with Gasteiger partial charge in [0.1, 0.15) is 16.9 Å². The Morgan fingerprint density at radius 1 is 1.12 bits per heavy atom. The fourth-order valence-electron chi connectivity index (χ4n) is 4.30. The summed E-state index contributed by atoms with van der Waals surface area (Å²) in [6.45, 7) is 0. The van der Waals surface area contributed by atoms with E-state index in [1.165, 1.54) is 34.9 Å². The van der Waals surface area contributed by atoms with Crippen LogP contribution in [0.15, 0.2) is 58.5 Å². The van der Waals surface area contributed by atoms with Gasteiger partial charge in [0.2, 0.25) is 5.91 Å². The van der Waals surface area contributed by atoms with Crippen LogP contribution in [0.3, 0.4) is 0 Å². The van der Waals surface area contributed by atoms with E-state index in [9.17, 15) is 14.0 Å². The highest BCUT2D eigenvalue weighted by atomic mass is 32.2. The Bertz CT molecular complexity index is 1340. The number of nitrogens with zero attached hydrogens (tertiary/aromatic N) is 2. The van der Waals surface area contributed by atoms with E-state index in [-0.39, 0.29) is 29.1 Å². The molecule has 1 aliphatic rings. The van der Waals surface area contributed by atoms with Crippen LogP contribution in [0.2, 0.25) is 0 Å². The van der Waals surface area contributed by atoms with Crippen molar-refractivity contribution >= 4 is 39.6 Å². The minimum absolute atomic E-state index is 0.0687. The van der Waals surface area contributed by atoms with Crippen molar-refractivity contribution < 1.29 is 9.18 Å². The van der Waals surface area contributed by atoms with Crippen LogP contribution in [0.25, 0.3) is 27.6 Å². The summed E-state index contributed by atoms with van der Waals surface area (Å²) in [5.41, 5.74) is 1.98. The van der Waals surface area contributed by atoms with Crippen molar-refractivity contribution in [1.29, 1.82) is 0 Å². The summed E-state index contributed by atoms with van der Waals surface area (Å²) < 4.78 is 14.9. The highest BCUT2D eigenvalue weighted by Crippen LogP contribution is 2.26. The summed E-state index contributed by atoms with van der Waals surface area (Å²) in [5, 5.41) is 4.35. The number of fused-ring (bicyclic) bond motifs is 3. The van der Waals surface area contributed by atoms with Gasteiger partial charge in [0.25, 0.3) is 5.56 Å². The molecule has 8 heteroatoms. The average Bonchev–Trinajstić information content (AvgIpc) is 3.18. The Balaban J connectivity index is 1.53. The molecule has 0 unspecified atom stereocenters. The Labute approximate surface area is 188 Å². The number of hydrogen-bond donors (Lipinski definition) is 2. The Morgan fingerprint density at radius 2 is 1.88 bits per heavy atom. The molecule has 2 aromatic carbocycles. The second kappa shape index (κ2) is 8.78. The molecule has 2 aromatic heterocycles. The van der Waals surface area contributed by atoms with Crippen LogP contribution in [0, 0.1) is 5.82 Å². The largest absolute Gasteiger partial charge is 0.353 e. The van der Waals surface area contributed by atoms with Gasteiger partial charge in [0.15, 0.2) is 5.16 Å². The van der Waals surface area contributed by atoms with Crippen molar-refractivity contribution in [1.82, 2.24) is 19.9 Å². The van der Waals surface area contributed by atoms with Gasteiger partial charge >= 0.3 is 0 Å². The molecule has 5 rings (SSSR count). The third-order valence-corrected chi connectivity index (χ3v) is 6.82. The number of thioether (sulfide) groups is 1. The normalized spacial score (nSPS) is 14.8. The maximum absolute atomic E-state index is 13.5. The molecule has 6 nitrogen and oxygen atoms in total. The van der Waals surface area contributed by atoms with Crippen LogP contribution in [0.4, 0.5) is 4.39 Å². The number of hydrogen-bond acceptors (Lipinski definition) is 4. The van der Waals surface area contributed by atoms with Gasteiger partial charge in [-0.15, -0.1) is 0 Å². The third-order valence-electron chi connectivity index (χ3n) is 5.88. The molecule has 0 spiro atoms. The van der Waals surface area contributed by atoms with Crippen molar-refractivity contribution in [3.05, 3.63) is 64.7 Å². The fourth-order valence-corrected chi connectivity index (χ4v) is 5.12. The lowest BCUT2D eigenvalue weighted by molar-refractivity contribution is -0.119. The first-order chi connectivity index (χ1) is 15.6. The first-order valence-electron chi connectivity index (χ1n) is 10.8. The van der Waals surface area contributed by atoms with E-state index >= 15 is 0 Å². The molecule has 1 aliphatic carbocycles. The minimum atomic E-state index is -0.387. The quantitative estimate of drug-likeness (QED) is 0.345. The molecule has 32 heavy (non-hydrogen) atoms. The van der Waals surface area contributed by atoms with Crippen LogP contribution in [-0.4, -0.2) is 32.2 Å². The first-order valence-corrected chi connectivity index (χ1v) is 11.8. The van der Waals surface area contributed by atoms with Gasteiger partial charge in [-0.05, 0) is 43.2 Å². The van der Waals surface area contributed by atoms with Crippen molar-refractivity contribution in [3.63, 3.8) is 0 Å². The van der Waals surface area contributed by atoms with E-state index in [1.54, 1.807) is 12.1 Å². The summed E-state index contributed by atoms with van der Waals surface area (Å²) in [6, 6.07) is 13.5. The number of nitrogens with one attached hydrogen (secondary N) is 2. The number of H-pyrrole nitrogens is 1. The lowest BCUT2D eigenvalue weighted by atomic mass is 9.95. The number of para-hydroxylation sites is 1. The smallest absolute Gasteiger partial charge is 0.283 e. The van der Waals surface area contributed by atoms with E-state index in [0.717, 1.165) is 36.6 Å². The van der Waals surface area contributed by atoms with Crippen molar-refractivity contribution in [2.75, 3.05) is 5.75 Å². The molecule has 164 valence electrons. The molecule has 0 bridgehead atoms. The standard InChI is InChI=1S/C24H23FN4O2S/c25-15-10-12-17(13-11-15)29-23(31)22-21(18-8-4-5-9-19(18)27-22)28-24(29)32-14-20(30)26-16-6-2-1-3-7-16/h4-5,8-13,16,27H,1-3,6-7,14H2,(H,26,30). The second-order valence-corrected chi connectivity index (χ2v) is 9.04. The average molecular weight is 451 g/mol. The summed E-state index contributed by atoms with van der Waals surface area (Å²) in [5.74, 6) is -0.304. The molecule has 2 N–H and O–H groups in total. The number of benzene rings is 2. The number of aromatic nitrogens is 3. The van der Waals surface area contributed by atoms with Crippen LogP contribution < -0.4 is 10.9 Å². The van der Waals surface area contributed by atoms with E-state index in [0.29, 0.717) is 21.9 Å². The highest BCUT2D eigenvalue weighted by Gasteiger charge is 2.20. The molecule has 4 aromatic rings.